The fraction of sp³-hybridized carbons (Fsp3) is 0.583. The number of anilines is 1. The maximum absolute atomic E-state index is 5.99. The molecule has 1 saturated carbocycles. The molecule has 0 aliphatic heterocycles. The molecule has 2 N–H and O–H groups in total. The molecule has 0 saturated heterocycles. The molecule has 0 spiro atoms. The summed E-state index contributed by atoms with van der Waals surface area (Å²) in [6.45, 7) is 2.04. The van der Waals surface area contributed by atoms with Crippen LogP contribution in [-0.2, 0) is 0 Å². The first-order valence-corrected chi connectivity index (χ1v) is 5.49. The van der Waals surface area contributed by atoms with E-state index in [0.717, 1.165) is 16.9 Å². The van der Waals surface area contributed by atoms with E-state index in [-0.39, 0.29) is 0 Å². The van der Waals surface area contributed by atoms with Crippen molar-refractivity contribution in [3.05, 3.63) is 23.5 Å². The van der Waals surface area contributed by atoms with Crippen LogP contribution in [0, 0.1) is 6.92 Å². The molecule has 1 aromatic rings. The predicted molar refractivity (Wildman–Crippen MR) is 59.2 cm³/mol. The summed E-state index contributed by atoms with van der Waals surface area (Å²) in [4.78, 5) is 4.48. The molecule has 1 aromatic heterocycles. The Morgan fingerprint density at radius 3 is 2.64 bits per heavy atom. The summed E-state index contributed by atoms with van der Waals surface area (Å²) in [6.07, 6.45) is 8.50. The summed E-state index contributed by atoms with van der Waals surface area (Å²) in [5, 5.41) is 0. The number of nitrogens with two attached hydrogens (primary N) is 1. The molecular formula is C12H18N2. The Hall–Kier alpha value is -1.05. The van der Waals surface area contributed by atoms with Crippen LogP contribution in [0.5, 0.6) is 0 Å². The minimum Gasteiger partial charge on any atom is -0.397 e. The average molecular weight is 190 g/mol. The fourth-order valence-corrected chi connectivity index (χ4v) is 2.32. The topological polar surface area (TPSA) is 38.9 Å². The summed E-state index contributed by atoms with van der Waals surface area (Å²) in [5.74, 6) is 0.615. The quantitative estimate of drug-likeness (QED) is 0.739. The van der Waals surface area contributed by atoms with E-state index in [1.807, 2.05) is 19.2 Å². The summed E-state index contributed by atoms with van der Waals surface area (Å²) in [5.41, 5.74) is 9.16. The molecule has 2 nitrogen and oxygen atoms in total. The molecule has 1 fully saturated rings. The van der Waals surface area contributed by atoms with Gasteiger partial charge in [0.15, 0.2) is 0 Å². The number of nitrogens with zero attached hydrogens (tertiary/aromatic N) is 1. The highest BCUT2D eigenvalue weighted by Gasteiger charge is 2.18. The Kier molecular flexibility index (Phi) is 2.71. The third-order valence-electron chi connectivity index (χ3n) is 3.08. The predicted octanol–water partition coefficient (Wildman–Crippen LogP) is 3.02. The second-order valence-corrected chi connectivity index (χ2v) is 4.32. The Morgan fingerprint density at radius 1 is 1.29 bits per heavy atom. The molecule has 14 heavy (non-hydrogen) atoms. The third-order valence-corrected chi connectivity index (χ3v) is 3.08. The highest BCUT2D eigenvalue weighted by Crippen LogP contribution is 2.34. The first-order valence-electron chi connectivity index (χ1n) is 5.49. The van der Waals surface area contributed by atoms with E-state index in [1.165, 1.54) is 32.1 Å². The summed E-state index contributed by atoms with van der Waals surface area (Å²) < 4.78 is 0. The zero-order valence-electron chi connectivity index (χ0n) is 8.79. The van der Waals surface area contributed by atoms with Crippen molar-refractivity contribution in [2.24, 2.45) is 0 Å². The van der Waals surface area contributed by atoms with Crippen molar-refractivity contribution in [2.75, 3.05) is 5.73 Å². The Balaban J connectivity index is 2.22. The van der Waals surface area contributed by atoms with Gasteiger partial charge in [0.2, 0.25) is 0 Å². The van der Waals surface area contributed by atoms with Gasteiger partial charge in [-0.15, -0.1) is 0 Å². The lowest BCUT2D eigenvalue weighted by molar-refractivity contribution is 0.437. The van der Waals surface area contributed by atoms with Gasteiger partial charge in [0.1, 0.15) is 0 Å². The van der Waals surface area contributed by atoms with Crippen molar-refractivity contribution in [1.82, 2.24) is 4.98 Å². The van der Waals surface area contributed by atoms with Crippen molar-refractivity contribution < 1.29 is 0 Å². The van der Waals surface area contributed by atoms with Gasteiger partial charge in [-0.2, -0.15) is 0 Å². The second kappa shape index (κ2) is 3.99. The van der Waals surface area contributed by atoms with Gasteiger partial charge in [0.25, 0.3) is 0 Å². The summed E-state index contributed by atoms with van der Waals surface area (Å²) in [6, 6.07) is 2.04. The maximum Gasteiger partial charge on any atom is 0.0663 e. The van der Waals surface area contributed by atoms with Crippen LogP contribution in [0.4, 0.5) is 5.69 Å². The molecule has 0 unspecified atom stereocenters. The number of aryl methyl sites for hydroxylation is 1. The molecule has 0 radical (unpaired) electrons. The van der Waals surface area contributed by atoms with Crippen LogP contribution in [0.1, 0.15) is 49.3 Å². The van der Waals surface area contributed by atoms with E-state index in [1.54, 1.807) is 0 Å². The van der Waals surface area contributed by atoms with E-state index in [0.29, 0.717) is 5.92 Å². The van der Waals surface area contributed by atoms with Crippen molar-refractivity contribution in [2.45, 2.75) is 44.9 Å². The Labute approximate surface area is 85.5 Å². The van der Waals surface area contributed by atoms with Gasteiger partial charge < -0.3 is 5.73 Å². The lowest BCUT2D eigenvalue weighted by Crippen LogP contribution is -2.09. The highest BCUT2D eigenvalue weighted by molar-refractivity contribution is 5.46. The van der Waals surface area contributed by atoms with E-state index < -0.39 is 0 Å². The molecular weight excluding hydrogens is 172 g/mol. The minimum absolute atomic E-state index is 0.615. The number of nitrogen functional groups attached to an aromatic ring is 1. The molecule has 0 aromatic carbocycles. The molecule has 0 amide bonds. The summed E-state index contributed by atoms with van der Waals surface area (Å²) >= 11 is 0. The molecule has 2 heteroatoms. The molecule has 2 rings (SSSR count). The lowest BCUT2D eigenvalue weighted by Gasteiger charge is -2.22. The third kappa shape index (κ3) is 1.89. The smallest absolute Gasteiger partial charge is 0.0663 e. The SMILES string of the molecule is Cc1cnc(C2CCCCC2)c(N)c1. The van der Waals surface area contributed by atoms with Crippen molar-refractivity contribution in [3.63, 3.8) is 0 Å². The van der Waals surface area contributed by atoms with Gasteiger partial charge in [0.05, 0.1) is 11.4 Å². The van der Waals surface area contributed by atoms with Gasteiger partial charge in [-0.3, -0.25) is 4.98 Å². The summed E-state index contributed by atoms with van der Waals surface area (Å²) in [7, 11) is 0. The molecule has 0 atom stereocenters. The zero-order chi connectivity index (χ0) is 9.97. The van der Waals surface area contributed by atoms with Gasteiger partial charge in [-0.05, 0) is 31.4 Å². The number of pyridine rings is 1. The number of aromatic nitrogens is 1. The van der Waals surface area contributed by atoms with Gasteiger partial charge >= 0.3 is 0 Å². The Morgan fingerprint density at radius 2 is 2.00 bits per heavy atom. The van der Waals surface area contributed by atoms with Crippen molar-refractivity contribution in [1.29, 1.82) is 0 Å². The molecule has 1 aliphatic rings. The van der Waals surface area contributed by atoms with Crippen molar-refractivity contribution >= 4 is 5.69 Å². The zero-order valence-corrected chi connectivity index (χ0v) is 8.79. The van der Waals surface area contributed by atoms with Crippen LogP contribution in [0.2, 0.25) is 0 Å². The average Bonchev–Trinajstić information content (AvgIpc) is 2.19. The van der Waals surface area contributed by atoms with Gasteiger partial charge in [0, 0.05) is 12.1 Å². The van der Waals surface area contributed by atoms with Gasteiger partial charge in [-0.1, -0.05) is 19.3 Å². The standard InChI is InChI=1S/C12H18N2/c1-9-7-11(13)12(14-8-9)10-5-3-2-4-6-10/h7-8,10H,2-6,13H2,1H3. The Bertz CT molecular complexity index is 314. The van der Waals surface area contributed by atoms with Crippen LogP contribution >= 0.6 is 0 Å². The van der Waals surface area contributed by atoms with Crippen LogP contribution in [0.3, 0.4) is 0 Å². The first kappa shape index (κ1) is 9.50. The van der Waals surface area contributed by atoms with E-state index >= 15 is 0 Å². The lowest BCUT2D eigenvalue weighted by atomic mass is 9.86. The largest absolute Gasteiger partial charge is 0.397 e. The van der Waals surface area contributed by atoms with Crippen LogP contribution in [0.15, 0.2) is 12.3 Å². The van der Waals surface area contributed by atoms with E-state index in [4.69, 9.17) is 5.73 Å². The van der Waals surface area contributed by atoms with Crippen LogP contribution < -0.4 is 5.73 Å². The van der Waals surface area contributed by atoms with E-state index in [2.05, 4.69) is 4.98 Å². The maximum atomic E-state index is 5.99. The number of hydrogen-bond acceptors (Lipinski definition) is 2. The highest BCUT2D eigenvalue weighted by atomic mass is 14.7. The van der Waals surface area contributed by atoms with Gasteiger partial charge in [-0.25, -0.2) is 0 Å². The van der Waals surface area contributed by atoms with Crippen LogP contribution in [0.25, 0.3) is 0 Å². The number of rotatable bonds is 1. The molecule has 1 heterocycles. The van der Waals surface area contributed by atoms with Crippen LogP contribution in [-0.4, -0.2) is 4.98 Å². The second-order valence-electron chi connectivity index (χ2n) is 4.32. The first-order chi connectivity index (χ1) is 6.77. The number of hydrogen-bond donors (Lipinski definition) is 1. The fourth-order valence-electron chi connectivity index (χ4n) is 2.32. The molecule has 76 valence electrons. The minimum atomic E-state index is 0.615. The normalized spacial score (nSPS) is 18.4. The molecule has 0 bridgehead atoms. The monoisotopic (exact) mass is 190 g/mol. The van der Waals surface area contributed by atoms with Crippen molar-refractivity contribution in [3.8, 4) is 0 Å². The molecule has 1 aliphatic carbocycles. The van der Waals surface area contributed by atoms with E-state index in [9.17, 15) is 0 Å².